The van der Waals surface area contributed by atoms with Gasteiger partial charge in [0.15, 0.2) is 0 Å². The number of rotatable bonds is 3. The number of nitrogens with zero attached hydrogens (tertiary/aromatic N) is 2. The molecule has 1 heterocycles. The summed E-state index contributed by atoms with van der Waals surface area (Å²) < 4.78 is 0. The van der Waals surface area contributed by atoms with Crippen LogP contribution < -0.4 is 5.32 Å². The summed E-state index contributed by atoms with van der Waals surface area (Å²) in [7, 11) is 0. The van der Waals surface area contributed by atoms with Crippen molar-refractivity contribution in [3.05, 3.63) is 23.5 Å². The molecule has 1 N–H and O–H groups in total. The summed E-state index contributed by atoms with van der Waals surface area (Å²) in [4.78, 5) is 27.8. The number of hydrogen-bond acceptors (Lipinski definition) is 3. The summed E-state index contributed by atoms with van der Waals surface area (Å²) >= 11 is 0. The summed E-state index contributed by atoms with van der Waals surface area (Å²) in [5.41, 5.74) is 1.58. The first-order valence-corrected chi connectivity index (χ1v) is 5.00. The Bertz CT molecular complexity index is 383. The molecule has 1 aliphatic rings. The molecule has 0 spiro atoms. The number of aliphatic imine (C=N–C) groups is 1. The van der Waals surface area contributed by atoms with Crippen molar-refractivity contribution in [3.63, 3.8) is 0 Å². The summed E-state index contributed by atoms with van der Waals surface area (Å²) in [6, 6.07) is -0.410. The topological polar surface area (TPSA) is 61.8 Å². The van der Waals surface area contributed by atoms with Gasteiger partial charge in [0.05, 0.1) is 11.9 Å². The fraction of sp³-hybridized carbons (Fsp3) is 0.364. The molecule has 16 heavy (non-hydrogen) atoms. The molecule has 0 aromatic carbocycles. The molecule has 3 amide bonds. The molecule has 0 radical (unpaired) electrons. The molecule has 0 aromatic rings. The van der Waals surface area contributed by atoms with Gasteiger partial charge in [-0.3, -0.25) is 20.0 Å². The Balaban J connectivity index is 2.96. The standard InChI is InChI=1S/C11H15N3O2/c1-4-8(2)9(7-12-3)14-6-5-10(15)13-11(14)16/h4,7H,3,5-6H2,1-2H3,(H,13,15,16)/b8-4-,9-7+. The number of carbonyl (C=O) groups excluding carboxylic acids is 2. The predicted molar refractivity (Wildman–Crippen MR) is 61.9 cm³/mol. The maximum atomic E-state index is 11.6. The van der Waals surface area contributed by atoms with Gasteiger partial charge in [0.25, 0.3) is 0 Å². The maximum Gasteiger partial charge on any atom is 0.328 e. The van der Waals surface area contributed by atoms with Gasteiger partial charge in [-0.25, -0.2) is 4.79 Å². The van der Waals surface area contributed by atoms with E-state index in [-0.39, 0.29) is 5.91 Å². The lowest BCUT2D eigenvalue weighted by atomic mass is 10.1. The van der Waals surface area contributed by atoms with Gasteiger partial charge in [0.2, 0.25) is 5.91 Å². The van der Waals surface area contributed by atoms with Crippen LogP contribution in [0.5, 0.6) is 0 Å². The molecule has 5 nitrogen and oxygen atoms in total. The van der Waals surface area contributed by atoms with Gasteiger partial charge in [0.1, 0.15) is 0 Å². The van der Waals surface area contributed by atoms with E-state index in [1.54, 1.807) is 0 Å². The number of carbonyl (C=O) groups is 2. The zero-order valence-corrected chi connectivity index (χ0v) is 9.49. The first-order valence-electron chi connectivity index (χ1n) is 5.00. The Labute approximate surface area is 94.5 Å². The van der Waals surface area contributed by atoms with Crippen LogP contribution in [-0.4, -0.2) is 30.1 Å². The molecule has 1 saturated heterocycles. The Kier molecular flexibility index (Phi) is 3.99. The van der Waals surface area contributed by atoms with E-state index in [1.165, 1.54) is 11.1 Å². The summed E-state index contributed by atoms with van der Waals surface area (Å²) in [5, 5.41) is 2.27. The molecular formula is C11H15N3O2. The van der Waals surface area contributed by atoms with Crippen molar-refractivity contribution in [2.45, 2.75) is 20.3 Å². The Morgan fingerprint density at radius 3 is 2.75 bits per heavy atom. The maximum absolute atomic E-state index is 11.6. The lowest BCUT2D eigenvalue weighted by Gasteiger charge is -2.28. The van der Waals surface area contributed by atoms with Gasteiger partial charge in [-0.05, 0) is 26.1 Å². The van der Waals surface area contributed by atoms with Crippen LogP contribution in [0.1, 0.15) is 20.3 Å². The third kappa shape index (κ3) is 2.56. The fourth-order valence-corrected chi connectivity index (χ4v) is 1.41. The third-order valence-electron chi connectivity index (χ3n) is 2.40. The number of imide groups is 1. The quantitative estimate of drug-likeness (QED) is 0.579. The minimum Gasteiger partial charge on any atom is -0.292 e. The molecule has 1 aliphatic heterocycles. The summed E-state index contributed by atoms with van der Waals surface area (Å²) in [5.74, 6) is -0.245. The minimum atomic E-state index is -0.410. The highest BCUT2D eigenvalue weighted by Crippen LogP contribution is 2.17. The average Bonchev–Trinajstić information content (AvgIpc) is 2.26. The molecule has 0 aliphatic carbocycles. The molecule has 0 bridgehead atoms. The van der Waals surface area contributed by atoms with Gasteiger partial charge >= 0.3 is 6.03 Å². The second-order valence-electron chi connectivity index (χ2n) is 3.42. The van der Waals surface area contributed by atoms with Crippen molar-refractivity contribution in [2.75, 3.05) is 6.54 Å². The Morgan fingerprint density at radius 1 is 1.56 bits per heavy atom. The second kappa shape index (κ2) is 5.25. The fourth-order valence-electron chi connectivity index (χ4n) is 1.41. The van der Waals surface area contributed by atoms with Crippen LogP contribution in [0.25, 0.3) is 0 Å². The van der Waals surface area contributed by atoms with Crippen LogP contribution in [0.15, 0.2) is 28.5 Å². The molecular weight excluding hydrogens is 206 g/mol. The number of urea groups is 1. The Morgan fingerprint density at radius 2 is 2.25 bits per heavy atom. The normalized spacial score (nSPS) is 18.5. The SMILES string of the molecule is C=N/C=C(\C(C)=C/C)N1CCC(=O)NC1=O. The first kappa shape index (κ1) is 12.2. The molecule has 0 atom stereocenters. The van der Waals surface area contributed by atoms with Crippen molar-refractivity contribution in [2.24, 2.45) is 4.99 Å². The van der Waals surface area contributed by atoms with E-state index in [2.05, 4.69) is 17.0 Å². The van der Waals surface area contributed by atoms with E-state index >= 15 is 0 Å². The van der Waals surface area contributed by atoms with Gasteiger partial charge in [0, 0.05) is 13.0 Å². The van der Waals surface area contributed by atoms with Gasteiger partial charge in [-0.2, -0.15) is 0 Å². The van der Waals surface area contributed by atoms with Crippen LogP contribution in [0.4, 0.5) is 4.79 Å². The lowest BCUT2D eigenvalue weighted by molar-refractivity contribution is -0.121. The summed E-state index contributed by atoms with van der Waals surface area (Å²) in [6.07, 6.45) is 3.70. The minimum absolute atomic E-state index is 0.245. The molecule has 5 heteroatoms. The molecule has 0 unspecified atom stereocenters. The van der Waals surface area contributed by atoms with Crippen molar-refractivity contribution < 1.29 is 9.59 Å². The first-order chi connectivity index (χ1) is 7.60. The second-order valence-corrected chi connectivity index (χ2v) is 3.42. The van der Waals surface area contributed by atoms with Crippen LogP contribution in [-0.2, 0) is 4.79 Å². The third-order valence-corrected chi connectivity index (χ3v) is 2.40. The van der Waals surface area contributed by atoms with Gasteiger partial charge in [-0.1, -0.05) is 6.08 Å². The summed E-state index contributed by atoms with van der Waals surface area (Å²) in [6.45, 7) is 7.50. The van der Waals surface area contributed by atoms with Crippen molar-refractivity contribution in [3.8, 4) is 0 Å². The van der Waals surface area contributed by atoms with E-state index in [0.717, 1.165) is 5.57 Å². The zero-order valence-electron chi connectivity index (χ0n) is 9.49. The molecule has 86 valence electrons. The highest BCUT2D eigenvalue weighted by atomic mass is 16.2. The average molecular weight is 221 g/mol. The highest BCUT2D eigenvalue weighted by molar-refractivity contribution is 5.97. The van der Waals surface area contributed by atoms with E-state index in [9.17, 15) is 9.59 Å². The number of hydrogen-bond donors (Lipinski definition) is 1. The highest BCUT2D eigenvalue weighted by Gasteiger charge is 2.26. The van der Waals surface area contributed by atoms with Crippen LogP contribution in [0, 0.1) is 0 Å². The monoisotopic (exact) mass is 221 g/mol. The van der Waals surface area contributed by atoms with Gasteiger partial charge in [-0.15, -0.1) is 0 Å². The van der Waals surface area contributed by atoms with E-state index in [0.29, 0.717) is 18.7 Å². The van der Waals surface area contributed by atoms with E-state index in [4.69, 9.17) is 0 Å². The predicted octanol–water partition coefficient (Wildman–Crippen LogP) is 1.44. The van der Waals surface area contributed by atoms with Crippen molar-refractivity contribution in [1.82, 2.24) is 10.2 Å². The van der Waals surface area contributed by atoms with Crippen LogP contribution in [0.3, 0.4) is 0 Å². The van der Waals surface area contributed by atoms with Crippen molar-refractivity contribution in [1.29, 1.82) is 0 Å². The zero-order chi connectivity index (χ0) is 12.1. The van der Waals surface area contributed by atoms with E-state index < -0.39 is 6.03 Å². The van der Waals surface area contributed by atoms with Crippen LogP contribution >= 0.6 is 0 Å². The molecule has 1 fully saturated rings. The van der Waals surface area contributed by atoms with E-state index in [1.807, 2.05) is 19.9 Å². The van der Waals surface area contributed by atoms with Crippen molar-refractivity contribution >= 4 is 18.7 Å². The molecule has 1 rings (SSSR count). The lowest BCUT2D eigenvalue weighted by Crippen LogP contribution is -2.48. The van der Waals surface area contributed by atoms with Gasteiger partial charge < -0.3 is 0 Å². The largest absolute Gasteiger partial charge is 0.328 e. The number of allylic oxidation sites excluding steroid dienone is 2. The number of nitrogens with one attached hydrogen (secondary N) is 1. The molecule has 0 aromatic heterocycles. The Hall–Kier alpha value is -1.91. The number of amides is 3. The molecule has 0 saturated carbocycles. The smallest absolute Gasteiger partial charge is 0.292 e. The van der Waals surface area contributed by atoms with Crippen LogP contribution in [0.2, 0.25) is 0 Å².